The standard InChI is InChI=1S/C54H69N11O10Si2/c1-11-76(12-2,13-3)68-29-35-40-42(73-53(7,8)71-40)50(69-35)64-36(60-37-44(56-30-58-46(37)64)62-48(66)32-23-19-17-20-24-32)28-27-34(75-77(14-4,15-5)16-6)39-41-43(74-54(9,10)72-41)51(70-39)65-47-38(61-52(65)55)45(57-31-59-47)63-49(67)33-25-21-18-22-26-33/h17-26,30-31,34-35,39-43,50-51H,11-16,29H2,1-10H3,(H2,55,61)(H,56,58,62,66)(H,57,59,63,67)/t34-,35-,39-,40-,41-,42-,43-,50-,51-/m1/s1. The summed E-state index contributed by atoms with van der Waals surface area (Å²) in [5.74, 6) is 4.80. The molecule has 0 spiro atoms. The summed E-state index contributed by atoms with van der Waals surface area (Å²) in [5, 5.41) is 5.84. The van der Waals surface area contributed by atoms with Crippen LogP contribution in [-0.4, -0.2) is 128 Å². The van der Waals surface area contributed by atoms with Gasteiger partial charge in [-0.15, -0.1) is 0 Å². The third kappa shape index (κ3) is 10.4. The van der Waals surface area contributed by atoms with Crippen LogP contribution in [0.15, 0.2) is 73.3 Å². The Bertz CT molecular complexity index is 3160. The highest BCUT2D eigenvalue weighted by molar-refractivity contribution is 6.74. The second-order valence-corrected chi connectivity index (χ2v) is 30.4. The molecular formula is C54H69N11O10Si2. The molecule has 2 amide bonds. The maximum atomic E-state index is 13.7. The molecule has 0 radical (unpaired) electrons. The molecule has 0 unspecified atom stereocenters. The van der Waals surface area contributed by atoms with E-state index in [2.05, 4.69) is 84.0 Å². The number of carbonyl (C=O) groups excluding carboxylic acids is 2. The minimum Gasteiger partial charge on any atom is -0.414 e. The van der Waals surface area contributed by atoms with Crippen LogP contribution in [-0.2, 0) is 37.3 Å². The minimum atomic E-state index is -2.52. The summed E-state index contributed by atoms with van der Waals surface area (Å²) in [6, 6.07) is 22.9. The lowest BCUT2D eigenvalue weighted by Crippen LogP contribution is -2.47. The average molecular weight is 1090 g/mol. The van der Waals surface area contributed by atoms with Gasteiger partial charge >= 0.3 is 0 Å². The lowest BCUT2D eigenvalue weighted by atomic mass is 10.1. The van der Waals surface area contributed by atoms with Crippen LogP contribution in [0.5, 0.6) is 0 Å². The van der Waals surface area contributed by atoms with Gasteiger partial charge in [0.1, 0.15) is 55.4 Å². The zero-order chi connectivity index (χ0) is 54.4. The minimum absolute atomic E-state index is 0.0494. The van der Waals surface area contributed by atoms with Gasteiger partial charge in [0.15, 0.2) is 80.5 Å². The molecule has 10 rings (SSSR count). The molecule has 4 saturated heterocycles. The van der Waals surface area contributed by atoms with Gasteiger partial charge in [-0.05, 0) is 94.1 Å². The molecule has 4 aliphatic rings. The molecule has 4 fully saturated rings. The Morgan fingerprint density at radius 3 is 1.68 bits per heavy atom. The van der Waals surface area contributed by atoms with Crippen LogP contribution in [0.4, 0.5) is 17.6 Å². The van der Waals surface area contributed by atoms with Gasteiger partial charge in [-0.1, -0.05) is 83.9 Å². The molecule has 0 saturated carbocycles. The zero-order valence-electron chi connectivity index (χ0n) is 45.3. The second kappa shape index (κ2) is 21.6. The van der Waals surface area contributed by atoms with E-state index in [1.54, 1.807) is 53.1 Å². The van der Waals surface area contributed by atoms with Crippen LogP contribution in [0.2, 0.25) is 36.3 Å². The van der Waals surface area contributed by atoms with E-state index in [1.165, 1.54) is 12.7 Å². The molecule has 4 aromatic heterocycles. The van der Waals surface area contributed by atoms with Gasteiger partial charge in [0.05, 0.1) is 6.61 Å². The van der Waals surface area contributed by atoms with E-state index >= 15 is 0 Å². The van der Waals surface area contributed by atoms with E-state index in [0.29, 0.717) is 29.0 Å². The maximum Gasteiger partial charge on any atom is 0.256 e. The van der Waals surface area contributed by atoms with Crippen molar-refractivity contribution in [2.24, 2.45) is 0 Å². The molecule has 21 nitrogen and oxygen atoms in total. The van der Waals surface area contributed by atoms with Crippen LogP contribution in [0.1, 0.15) is 108 Å². The molecule has 8 heterocycles. The van der Waals surface area contributed by atoms with Crippen molar-refractivity contribution in [2.45, 2.75) is 172 Å². The second-order valence-electron chi connectivity index (χ2n) is 20.9. The Kier molecular flexibility index (Phi) is 15.3. The summed E-state index contributed by atoms with van der Waals surface area (Å²) in [4.78, 5) is 55.2. The smallest absolute Gasteiger partial charge is 0.256 e. The van der Waals surface area contributed by atoms with Gasteiger partial charge in [-0.2, -0.15) is 0 Å². The van der Waals surface area contributed by atoms with Crippen LogP contribution < -0.4 is 16.4 Å². The number of ether oxygens (including phenoxy) is 6. The number of fused-ring (bicyclic) bond motifs is 4. The van der Waals surface area contributed by atoms with Crippen molar-refractivity contribution in [3.8, 4) is 11.8 Å². The van der Waals surface area contributed by atoms with Crippen molar-refractivity contribution in [3.63, 3.8) is 0 Å². The lowest BCUT2D eigenvalue weighted by Gasteiger charge is -2.35. The molecule has 4 N–H and O–H groups in total. The van der Waals surface area contributed by atoms with Gasteiger partial charge < -0.3 is 53.6 Å². The van der Waals surface area contributed by atoms with Gasteiger partial charge in [0.2, 0.25) is 5.95 Å². The van der Waals surface area contributed by atoms with Crippen molar-refractivity contribution in [1.29, 1.82) is 0 Å². The van der Waals surface area contributed by atoms with Crippen molar-refractivity contribution in [1.82, 2.24) is 39.0 Å². The topological polar surface area (TPSA) is 245 Å². The monoisotopic (exact) mass is 1090 g/mol. The molecule has 9 atom stereocenters. The number of nitrogens with zero attached hydrogens (tertiary/aromatic N) is 8. The quantitative estimate of drug-likeness (QED) is 0.0540. The van der Waals surface area contributed by atoms with Crippen LogP contribution in [0, 0.1) is 11.8 Å². The number of hydrogen-bond donors (Lipinski definition) is 3. The number of benzene rings is 2. The van der Waals surface area contributed by atoms with Crippen molar-refractivity contribution >= 4 is 68.4 Å². The summed E-state index contributed by atoms with van der Waals surface area (Å²) in [6.07, 6.45) is -4.05. The first-order chi connectivity index (χ1) is 37.0. The fourth-order valence-electron chi connectivity index (χ4n) is 11.1. The number of nitrogens with one attached hydrogen (secondary N) is 2. The molecular weight excluding hydrogens is 1020 g/mol. The van der Waals surface area contributed by atoms with Crippen molar-refractivity contribution < 1.29 is 46.9 Å². The van der Waals surface area contributed by atoms with E-state index in [0.717, 1.165) is 36.3 Å². The fourth-order valence-corrected chi connectivity index (χ4v) is 16.5. The third-order valence-corrected chi connectivity index (χ3v) is 24.9. The normalized spacial score (nSPS) is 24.9. The third-order valence-electron chi connectivity index (χ3n) is 15.6. The molecule has 0 aliphatic carbocycles. The summed E-state index contributed by atoms with van der Waals surface area (Å²) in [6.45, 7) is 20.8. The van der Waals surface area contributed by atoms with Crippen LogP contribution in [0.25, 0.3) is 22.3 Å². The Hall–Kier alpha value is -6.05. The number of nitrogen functional groups attached to an aromatic ring is 1. The number of rotatable bonds is 18. The van der Waals surface area contributed by atoms with E-state index in [1.807, 2.05) is 44.4 Å². The number of carbonyl (C=O) groups is 2. The molecule has 6 aromatic rings. The lowest BCUT2D eigenvalue weighted by molar-refractivity contribution is -0.202. The number of amides is 2. The number of nitrogens with two attached hydrogens (primary N) is 1. The Morgan fingerprint density at radius 1 is 0.649 bits per heavy atom. The largest absolute Gasteiger partial charge is 0.414 e. The molecule has 77 heavy (non-hydrogen) atoms. The summed E-state index contributed by atoms with van der Waals surface area (Å²) >= 11 is 0. The molecule has 408 valence electrons. The average Bonchev–Trinajstić information content (AvgIpc) is 4.44. The highest BCUT2D eigenvalue weighted by atomic mass is 28.4. The molecule has 4 aliphatic heterocycles. The maximum absolute atomic E-state index is 13.7. The van der Waals surface area contributed by atoms with E-state index in [-0.39, 0.29) is 46.3 Å². The van der Waals surface area contributed by atoms with Gasteiger partial charge in [-0.3, -0.25) is 18.7 Å². The number of imidazole rings is 2. The first-order valence-corrected chi connectivity index (χ1v) is 31.8. The van der Waals surface area contributed by atoms with Gasteiger partial charge in [0, 0.05) is 11.1 Å². The van der Waals surface area contributed by atoms with Gasteiger partial charge in [0.25, 0.3) is 11.8 Å². The van der Waals surface area contributed by atoms with E-state index in [4.69, 9.17) is 53.0 Å². The summed E-state index contributed by atoms with van der Waals surface area (Å²) in [5.41, 5.74) is 8.85. The molecule has 2 aromatic carbocycles. The van der Waals surface area contributed by atoms with Gasteiger partial charge in [-0.25, -0.2) is 29.9 Å². The Labute approximate surface area is 449 Å². The predicted octanol–water partition coefficient (Wildman–Crippen LogP) is 8.35. The van der Waals surface area contributed by atoms with Crippen molar-refractivity contribution in [3.05, 3.63) is 90.3 Å². The highest BCUT2D eigenvalue weighted by Crippen LogP contribution is 2.48. The van der Waals surface area contributed by atoms with E-state index < -0.39 is 83.4 Å². The first kappa shape index (κ1) is 54.3. The SMILES string of the molecule is CC[Si](CC)(CC)OC[C@H]1O[C@@H](n2c(C#C[C@@H](O[Si](CC)(CC)CC)[C@H]3O[C@@H](n4c(N)nc5c(NC(=O)c6ccccc6)ncnc54)[C@@H]4OC(C)(C)O[C@@H]43)nc3c(NC(=O)c4ccccc4)ncnc32)[C@@H]2OC(C)(C)O[C@@H]21. The fraction of sp³-hybridized carbons (Fsp3) is 0.519. The first-order valence-electron chi connectivity index (χ1n) is 26.8. The predicted molar refractivity (Wildman–Crippen MR) is 291 cm³/mol. The zero-order valence-corrected chi connectivity index (χ0v) is 47.3. The Balaban J connectivity index is 1.08. The van der Waals surface area contributed by atoms with Crippen LogP contribution >= 0.6 is 0 Å². The highest BCUT2D eigenvalue weighted by Gasteiger charge is 2.60. The number of aromatic nitrogens is 8. The van der Waals surface area contributed by atoms with Crippen LogP contribution in [0.3, 0.4) is 0 Å². The van der Waals surface area contributed by atoms with Crippen molar-refractivity contribution in [2.75, 3.05) is 23.0 Å². The number of anilines is 3. The summed E-state index contributed by atoms with van der Waals surface area (Å²) in [7, 11) is -4.58. The number of hydrogen-bond acceptors (Lipinski definition) is 17. The summed E-state index contributed by atoms with van der Waals surface area (Å²) < 4.78 is 58.6. The molecule has 23 heteroatoms. The molecule has 0 bridgehead atoms. The Morgan fingerprint density at radius 2 is 1.13 bits per heavy atom. The van der Waals surface area contributed by atoms with E-state index in [9.17, 15) is 9.59 Å².